The molecular weight excluding hydrogens is 280 g/mol. The molecule has 1 aliphatic rings. The first-order chi connectivity index (χ1) is 9.99. The molecule has 0 amide bonds. The molecule has 0 N–H and O–H groups in total. The maximum absolute atomic E-state index is 12.1. The van der Waals surface area contributed by atoms with Crippen LogP contribution in [-0.2, 0) is 33.3 Å². The molecule has 0 saturated heterocycles. The van der Waals surface area contributed by atoms with Crippen LogP contribution in [0.1, 0.15) is 19.3 Å². The van der Waals surface area contributed by atoms with E-state index in [1.54, 1.807) is 0 Å². The molecule has 1 unspecified atom stereocenters. The highest BCUT2D eigenvalue weighted by Gasteiger charge is 2.47. The minimum absolute atomic E-state index is 0.00286. The van der Waals surface area contributed by atoms with E-state index < -0.39 is 36.0 Å². The van der Waals surface area contributed by atoms with Crippen LogP contribution in [-0.4, -0.2) is 52.5 Å². The van der Waals surface area contributed by atoms with Gasteiger partial charge in [0.1, 0.15) is 5.78 Å². The van der Waals surface area contributed by atoms with Gasteiger partial charge in [-0.25, -0.2) is 0 Å². The van der Waals surface area contributed by atoms with Gasteiger partial charge in [-0.2, -0.15) is 0 Å². The summed E-state index contributed by atoms with van der Waals surface area (Å²) in [6.45, 7) is 0. The quantitative estimate of drug-likeness (QED) is 0.385. The SMILES string of the molecule is COC(=O)C(C(=O)OC)[C@H]1CCC(=O)C1CC(OC)OC. The van der Waals surface area contributed by atoms with Gasteiger partial charge in [0.25, 0.3) is 0 Å². The van der Waals surface area contributed by atoms with E-state index >= 15 is 0 Å². The molecule has 1 fully saturated rings. The maximum atomic E-state index is 12.1. The Hall–Kier alpha value is -1.47. The summed E-state index contributed by atoms with van der Waals surface area (Å²) < 4.78 is 19.6. The molecule has 21 heavy (non-hydrogen) atoms. The van der Waals surface area contributed by atoms with Crippen LogP contribution in [0.15, 0.2) is 0 Å². The Kier molecular flexibility index (Phi) is 6.77. The van der Waals surface area contributed by atoms with Crippen LogP contribution >= 0.6 is 0 Å². The standard InChI is InChI=1S/C14H22O7/c1-18-11(19-2)7-9-8(5-6-10(9)15)12(13(16)20-3)14(17)21-4/h8-9,11-12H,5-7H2,1-4H3/t8-,9?/m0/s1. The lowest BCUT2D eigenvalue weighted by atomic mass is 9.81. The molecule has 7 nitrogen and oxygen atoms in total. The lowest BCUT2D eigenvalue weighted by Crippen LogP contribution is -2.37. The number of rotatable bonds is 7. The van der Waals surface area contributed by atoms with E-state index in [1.165, 1.54) is 28.4 Å². The van der Waals surface area contributed by atoms with Crippen LogP contribution in [0.5, 0.6) is 0 Å². The summed E-state index contributed by atoms with van der Waals surface area (Å²) in [7, 11) is 5.36. The van der Waals surface area contributed by atoms with Gasteiger partial charge in [0.05, 0.1) is 14.2 Å². The van der Waals surface area contributed by atoms with Crippen LogP contribution < -0.4 is 0 Å². The molecule has 1 aliphatic carbocycles. The summed E-state index contributed by atoms with van der Waals surface area (Å²) in [5.74, 6) is -3.40. The second-order valence-electron chi connectivity index (χ2n) is 4.94. The number of Topliss-reactive ketones (excluding diaryl/α,β-unsaturated/α-hetero) is 1. The molecule has 0 heterocycles. The summed E-state index contributed by atoms with van der Waals surface area (Å²) in [6.07, 6.45) is 0.495. The van der Waals surface area contributed by atoms with Crippen molar-refractivity contribution in [3.63, 3.8) is 0 Å². The summed E-state index contributed by atoms with van der Waals surface area (Å²) in [4.78, 5) is 35.8. The van der Waals surface area contributed by atoms with Crippen LogP contribution in [0.2, 0.25) is 0 Å². The van der Waals surface area contributed by atoms with Crippen molar-refractivity contribution in [2.45, 2.75) is 25.6 Å². The van der Waals surface area contributed by atoms with E-state index in [0.717, 1.165) is 0 Å². The topological polar surface area (TPSA) is 88.1 Å². The summed E-state index contributed by atoms with van der Waals surface area (Å²) >= 11 is 0. The monoisotopic (exact) mass is 302 g/mol. The minimum atomic E-state index is -1.09. The van der Waals surface area contributed by atoms with E-state index in [4.69, 9.17) is 9.47 Å². The number of carbonyl (C=O) groups is 3. The lowest BCUT2D eigenvalue weighted by Gasteiger charge is -2.26. The molecule has 0 radical (unpaired) electrons. The zero-order chi connectivity index (χ0) is 16.0. The first-order valence-electron chi connectivity index (χ1n) is 6.74. The molecule has 0 aromatic rings. The van der Waals surface area contributed by atoms with Crippen molar-refractivity contribution in [2.75, 3.05) is 28.4 Å². The molecule has 0 spiro atoms. The van der Waals surface area contributed by atoms with Gasteiger partial charge in [-0.15, -0.1) is 0 Å². The predicted molar refractivity (Wildman–Crippen MR) is 71.2 cm³/mol. The second kappa shape index (κ2) is 8.09. The average molecular weight is 302 g/mol. The molecule has 0 aromatic carbocycles. The third-order valence-corrected chi connectivity index (χ3v) is 3.97. The molecule has 1 saturated carbocycles. The number of ether oxygens (including phenoxy) is 4. The molecule has 7 heteroatoms. The minimum Gasteiger partial charge on any atom is -0.468 e. The molecule has 0 bridgehead atoms. The predicted octanol–water partition coefficient (Wildman–Crippen LogP) is 0.553. The molecule has 2 atom stereocenters. The number of carbonyl (C=O) groups excluding carboxylic acids is 3. The molecule has 1 rings (SSSR count). The Morgan fingerprint density at radius 3 is 2.05 bits per heavy atom. The van der Waals surface area contributed by atoms with Gasteiger partial charge >= 0.3 is 11.9 Å². The van der Waals surface area contributed by atoms with Crippen molar-refractivity contribution in [3.8, 4) is 0 Å². The first-order valence-corrected chi connectivity index (χ1v) is 6.74. The second-order valence-corrected chi connectivity index (χ2v) is 4.94. The molecule has 120 valence electrons. The molecule has 0 aromatic heterocycles. The Morgan fingerprint density at radius 1 is 1.10 bits per heavy atom. The van der Waals surface area contributed by atoms with E-state index in [1.807, 2.05) is 0 Å². The zero-order valence-corrected chi connectivity index (χ0v) is 12.8. The average Bonchev–Trinajstić information content (AvgIpc) is 2.85. The number of esters is 2. The maximum Gasteiger partial charge on any atom is 0.320 e. The highest BCUT2D eigenvalue weighted by Crippen LogP contribution is 2.38. The van der Waals surface area contributed by atoms with E-state index in [-0.39, 0.29) is 5.78 Å². The van der Waals surface area contributed by atoms with Crippen LogP contribution in [0.4, 0.5) is 0 Å². The van der Waals surface area contributed by atoms with E-state index in [2.05, 4.69) is 9.47 Å². The van der Waals surface area contributed by atoms with Gasteiger partial charge in [0.2, 0.25) is 0 Å². The summed E-state index contributed by atoms with van der Waals surface area (Å²) in [5.41, 5.74) is 0. The third kappa shape index (κ3) is 4.01. The molecule has 0 aliphatic heterocycles. The van der Waals surface area contributed by atoms with Gasteiger partial charge < -0.3 is 18.9 Å². The van der Waals surface area contributed by atoms with Crippen molar-refractivity contribution in [1.29, 1.82) is 0 Å². The van der Waals surface area contributed by atoms with Crippen molar-refractivity contribution in [1.82, 2.24) is 0 Å². The van der Waals surface area contributed by atoms with Gasteiger partial charge in [0.15, 0.2) is 12.2 Å². The fourth-order valence-electron chi connectivity index (χ4n) is 2.84. The van der Waals surface area contributed by atoms with Crippen LogP contribution in [0.3, 0.4) is 0 Å². The Labute approximate surface area is 123 Å². The van der Waals surface area contributed by atoms with Gasteiger partial charge in [-0.3, -0.25) is 14.4 Å². The van der Waals surface area contributed by atoms with Crippen molar-refractivity contribution >= 4 is 17.7 Å². The number of ketones is 1. The largest absolute Gasteiger partial charge is 0.468 e. The zero-order valence-electron chi connectivity index (χ0n) is 12.8. The fourth-order valence-corrected chi connectivity index (χ4v) is 2.84. The van der Waals surface area contributed by atoms with E-state index in [0.29, 0.717) is 19.3 Å². The van der Waals surface area contributed by atoms with Crippen LogP contribution in [0.25, 0.3) is 0 Å². The fraction of sp³-hybridized carbons (Fsp3) is 0.786. The third-order valence-electron chi connectivity index (χ3n) is 3.97. The van der Waals surface area contributed by atoms with Gasteiger partial charge in [-0.1, -0.05) is 0 Å². The normalized spacial score (nSPS) is 21.9. The highest BCUT2D eigenvalue weighted by atomic mass is 16.7. The number of methoxy groups -OCH3 is 4. The summed E-state index contributed by atoms with van der Waals surface area (Å²) in [6, 6.07) is 0. The highest BCUT2D eigenvalue weighted by molar-refractivity contribution is 5.97. The number of hydrogen-bond donors (Lipinski definition) is 0. The first kappa shape index (κ1) is 17.6. The summed E-state index contributed by atoms with van der Waals surface area (Å²) in [5, 5.41) is 0. The number of hydrogen-bond acceptors (Lipinski definition) is 7. The van der Waals surface area contributed by atoms with Crippen molar-refractivity contribution in [3.05, 3.63) is 0 Å². The molecular formula is C14H22O7. The lowest BCUT2D eigenvalue weighted by molar-refractivity contribution is -0.164. The van der Waals surface area contributed by atoms with E-state index in [9.17, 15) is 14.4 Å². The van der Waals surface area contributed by atoms with Crippen molar-refractivity contribution in [2.24, 2.45) is 17.8 Å². The van der Waals surface area contributed by atoms with Gasteiger partial charge in [-0.05, 0) is 12.3 Å². The Balaban J connectivity index is 2.97. The van der Waals surface area contributed by atoms with Gasteiger partial charge in [0, 0.05) is 33.0 Å². The smallest absolute Gasteiger partial charge is 0.320 e. The van der Waals surface area contributed by atoms with Crippen LogP contribution in [0, 0.1) is 17.8 Å². The van der Waals surface area contributed by atoms with Crippen molar-refractivity contribution < 1.29 is 33.3 Å². The Morgan fingerprint density at radius 2 is 1.62 bits per heavy atom. The Bertz CT molecular complexity index is 373.